The molecule has 0 spiro atoms. The Kier molecular flexibility index (Phi) is 11.4. The number of allylic oxidation sites excluding steroid dienone is 2. The number of nitrogens with one attached hydrogen (secondary N) is 1. The van der Waals surface area contributed by atoms with Gasteiger partial charge >= 0.3 is 0 Å². The van der Waals surface area contributed by atoms with Gasteiger partial charge in [-0.1, -0.05) is 45.4 Å². The van der Waals surface area contributed by atoms with Crippen LogP contribution in [0.1, 0.15) is 78.7 Å². The van der Waals surface area contributed by atoms with E-state index in [0.717, 1.165) is 23.8 Å². The third-order valence-electron chi connectivity index (χ3n) is 6.65. The van der Waals surface area contributed by atoms with E-state index in [4.69, 9.17) is 15.2 Å². The summed E-state index contributed by atoms with van der Waals surface area (Å²) in [5.41, 5.74) is 10.7. The Morgan fingerprint density at radius 2 is 1.72 bits per heavy atom. The lowest BCUT2D eigenvalue weighted by atomic mass is 9.97. The van der Waals surface area contributed by atoms with Gasteiger partial charge in [0.25, 0.3) is 5.91 Å². The van der Waals surface area contributed by atoms with Crippen LogP contribution in [0.15, 0.2) is 64.6 Å². The van der Waals surface area contributed by atoms with Crippen molar-refractivity contribution in [3.8, 4) is 0 Å². The SMILES string of the molecule is C=CN=C(C)C(/C(C(=O)Nc1ccc(COC)cc1)=C(\C)OCC1CCCC1)=C(\C)N.CC1(C)CC1. The maximum Gasteiger partial charge on any atom is 0.259 e. The summed E-state index contributed by atoms with van der Waals surface area (Å²) in [5, 5.41) is 2.96. The number of nitrogens with zero attached hydrogens (tertiary/aromatic N) is 1. The van der Waals surface area contributed by atoms with Crippen molar-refractivity contribution in [1.29, 1.82) is 0 Å². The van der Waals surface area contributed by atoms with Crippen LogP contribution in [-0.2, 0) is 20.9 Å². The van der Waals surface area contributed by atoms with Gasteiger partial charge in [0.1, 0.15) is 5.76 Å². The summed E-state index contributed by atoms with van der Waals surface area (Å²) in [6, 6.07) is 7.53. The number of nitrogens with two attached hydrogens (primary N) is 1. The number of hydrogen-bond donors (Lipinski definition) is 2. The fraction of sp³-hybridized carbons (Fsp3) is 0.533. The molecule has 2 aliphatic carbocycles. The highest BCUT2D eigenvalue weighted by Crippen LogP contribution is 2.43. The van der Waals surface area contributed by atoms with Crippen LogP contribution in [0, 0.1) is 11.3 Å². The Morgan fingerprint density at radius 3 is 2.19 bits per heavy atom. The van der Waals surface area contributed by atoms with Crippen molar-refractivity contribution in [1.82, 2.24) is 0 Å². The zero-order valence-electron chi connectivity index (χ0n) is 23.1. The predicted molar refractivity (Wildman–Crippen MR) is 150 cm³/mol. The van der Waals surface area contributed by atoms with Gasteiger partial charge in [-0.3, -0.25) is 9.79 Å². The fourth-order valence-corrected chi connectivity index (χ4v) is 4.10. The molecule has 0 aliphatic heterocycles. The number of amides is 1. The summed E-state index contributed by atoms with van der Waals surface area (Å²) in [5.74, 6) is 0.780. The smallest absolute Gasteiger partial charge is 0.259 e. The van der Waals surface area contributed by atoms with E-state index in [0.29, 0.717) is 53.1 Å². The number of methoxy groups -OCH3 is 1. The summed E-state index contributed by atoms with van der Waals surface area (Å²) in [4.78, 5) is 17.6. The Bertz CT molecular complexity index is 971. The average molecular weight is 496 g/mol. The minimum absolute atomic E-state index is 0.290. The summed E-state index contributed by atoms with van der Waals surface area (Å²) >= 11 is 0. The third-order valence-corrected chi connectivity index (χ3v) is 6.65. The maximum absolute atomic E-state index is 13.4. The van der Waals surface area contributed by atoms with Gasteiger partial charge in [0.15, 0.2) is 0 Å². The summed E-state index contributed by atoms with van der Waals surface area (Å²) < 4.78 is 11.2. The normalized spacial score (nSPS) is 18.3. The number of anilines is 1. The second kappa shape index (κ2) is 14.0. The van der Waals surface area contributed by atoms with Crippen molar-refractivity contribution in [2.45, 2.75) is 79.8 Å². The molecule has 2 saturated carbocycles. The van der Waals surface area contributed by atoms with Gasteiger partial charge in [0.05, 0.1) is 18.8 Å². The Balaban J connectivity index is 0.000000809. The molecule has 3 rings (SSSR count). The molecule has 0 bridgehead atoms. The van der Waals surface area contributed by atoms with Crippen LogP contribution in [0.4, 0.5) is 5.69 Å². The topological polar surface area (TPSA) is 85.9 Å². The molecule has 0 heterocycles. The third kappa shape index (κ3) is 9.65. The highest BCUT2D eigenvalue weighted by atomic mass is 16.5. The number of rotatable bonds is 10. The Hall–Kier alpha value is -2.86. The van der Waals surface area contributed by atoms with Crippen LogP contribution >= 0.6 is 0 Å². The summed E-state index contributed by atoms with van der Waals surface area (Å²) in [7, 11) is 1.65. The average Bonchev–Trinajstić information content (AvgIpc) is 3.29. The highest BCUT2D eigenvalue weighted by molar-refractivity contribution is 6.17. The van der Waals surface area contributed by atoms with Gasteiger partial charge in [-0.15, -0.1) is 0 Å². The first-order chi connectivity index (χ1) is 17.1. The van der Waals surface area contributed by atoms with E-state index in [1.807, 2.05) is 38.1 Å². The van der Waals surface area contributed by atoms with Gasteiger partial charge in [0.2, 0.25) is 0 Å². The van der Waals surface area contributed by atoms with Crippen LogP contribution in [0.25, 0.3) is 0 Å². The molecule has 36 heavy (non-hydrogen) atoms. The number of aliphatic imine (C=N–C) groups is 1. The molecular weight excluding hydrogens is 450 g/mol. The van der Waals surface area contributed by atoms with Crippen LogP contribution in [0.5, 0.6) is 0 Å². The lowest BCUT2D eigenvalue weighted by molar-refractivity contribution is -0.112. The van der Waals surface area contributed by atoms with E-state index < -0.39 is 0 Å². The van der Waals surface area contributed by atoms with E-state index in [-0.39, 0.29) is 5.91 Å². The molecule has 198 valence electrons. The summed E-state index contributed by atoms with van der Waals surface area (Å²) in [6.45, 7) is 14.8. The zero-order valence-corrected chi connectivity index (χ0v) is 23.1. The first kappa shape index (κ1) is 29.4. The number of carbonyl (C=O) groups excluding carboxylic acids is 1. The molecule has 0 saturated heterocycles. The van der Waals surface area contributed by atoms with Crippen LogP contribution in [-0.4, -0.2) is 25.3 Å². The number of hydrogen-bond acceptors (Lipinski definition) is 5. The lowest BCUT2D eigenvalue weighted by Gasteiger charge is -2.19. The molecule has 1 aromatic rings. The molecule has 6 nitrogen and oxygen atoms in total. The minimum atomic E-state index is -0.290. The van der Waals surface area contributed by atoms with Crippen molar-refractivity contribution < 1.29 is 14.3 Å². The minimum Gasteiger partial charge on any atom is -0.497 e. The Labute approximate surface area is 217 Å². The fourth-order valence-electron chi connectivity index (χ4n) is 4.10. The molecule has 0 radical (unpaired) electrons. The van der Waals surface area contributed by atoms with Crippen LogP contribution < -0.4 is 11.1 Å². The predicted octanol–water partition coefficient (Wildman–Crippen LogP) is 6.90. The molecule has 1 amide bonds. The first-order valence-corrected chi connectivity index (χ1v) is 12.9. The number of ether oxygens (including phenoxy) is 2. The molecular formula is C30H45N3O3. The molecule has 2 aliphatic rings. The van der Waals surface area contributed by atoms with E-state index in [9.17, 15) is 4.79 Å². The van der Waals surface area contributed by atoms with Gasteiger partial charge in [0, 0.05) is 36.0 Å². The van der Waals surface area contributed by atoms with E-state index in [2.05, 4.69) is 30.7 Å². The summed E-state index contributed by atoms with van der Waals surface area (Å²) in [6.07, 6.45) is 9.15. The van der Waals surface area contributed by atoms with Crippen molar-refractivity contribution >= 4 is 17.3 Å². The van der Waals surface area contributed by atoms with Gasteiger partial charge in [-0.25, -0.2) is 0 Å². The van der Waals surface area contributed by atoms with Gasteiger partial charge < -0.3 is 20.5 Å². The van der Waals surface area contributed by atoms with Crippen molar-refractivity contribution in [3.05, 3.63) is 65.2 Å². The second-order valence-corrected chi connectivity index (χ2v) is 10.6. The molecule has 0 aromatic heterocycles. The largest absolute Gasteiger partial charge is 0.497 e. The Morgan fingerprint density at radius 1 is 1.14 bits per heavy atom. The molecule has 0 unspecified atom stereocenters. The lowest BCUT2D eigenvalue weighted by Crippen LogP contribution is -2.23. The number of benzene rings is 1. The zero-order chi connectivity index (χ0) is 26.7. The molecule has 1 aromatic carbocycles. The van der Waals surface area contributed by atoms with Crippen molar-refractivity contribution in [3.63, 3.8) is 0 Å². The quantitative estimate of drug-likeness (QED) is 0.160. The van der Waals surface area contributed by atoms with Gasteiger partial charge in [-0.05, 0) is 75.5 Å². The standard InChI is InChI=1S/C25H35N3O3.C5H10/c1-6-27-18(3)23(17(2)26)24(19(4)31-16-20-9-7-8-10-20)25(29)28-22-13-11-21(12-14-22)15-30-5;1-5(2)3-4-5/h6,11-14,20H,1,7-10,15-16,26H2,2-5H3,(H,28,29);3-4H2,1-2H3/b23-17-,24-19-,27-18?;. The first-order valence-electron chi connectivity index (χ1n) is 12.9. The van der Waals surface area contributed by atoms with Crippen molar-refractivity contribution in [2.75, 3.05) is 19.0 Å². The molecule has 0 atom stereocenters. The van der Waals surface area contributed by atoms with Crippen LogP contribution in [0.3, 0.4) is 0 Å². The monoisotopic (exact) mass is 495 g/mol. The van der Waals surface area contributed by atoms with E-state index in [1.54, 1.807) is 14.0 Å². The molecule has 6 heteroatoms. The van der Waals surface area contributed by atoms with E-state index >= 15 is 0 Å². The second-order valence-electron chi connectivity index (χ2n) is 10.6. The molecule has 2 fully saturated rings. The van der Waals surface area contributed by atoms with Crippen molar-refractivity contribution in [2.24, 2.45) is 22.1 Å². The number of carbonyl (C=O) groups is 1. The highest BCUT2D eigenvalue weighted by Gasteiger charge is 2.30. The van der Waals surface area contributed by atoms with E-state index in [1.165, 1.54) is 31.9 Å². The molecule has 3 N–H and O–H groups in total. The van der Waals surface area contributed by atoms with Gasteiger partial charge in [-0.2, -0.15) is 0 Å². The maximum atomic E-state index is 13.4. The van der Waals surface area contributed by atoms with Crippen LogP contribution in [0.2, 0.25) is 0 Å².